The van der Waals surface area contributed by atoms with E-state index in [1.54, 1.807) is 0 Å². The van der Waals surface area contributed by atoms with Crippen LogP contribution in [0.5, 0.6) is 0 Å². The standard InChI is InChI=1S/C18H31N5O2/c1-13(2)12-20-17(24)15-14-8-5-6-11-23(14)16(21-15)18(25)19-9-7-10-22(3)4/h13H,5-12H2,1-4H3,(H,19,25)(H,20,24). The van der Waals surface area contributed by atoms with Crippen LogP contribution in [-0.4, -0.2) is 60.0 Å². The Hall–Kier alpha value is -1.89. The van der Waals surface area contributed by atoms with Crippen molar-refractivity contribution in [2.24, 2.45) is 5.92 Å². The van der Waals surface area contributed by atoms with E-state index < -0.39 is 0 Å². The molecule has 0 atom stereocenters. The smallest absolute Gasteiger partial charge is 0.287 e. The number of fused-ring (bicyclic) bond motifs is 1. The predicted molar refractivity (Wildman–Crippen MR) is 97.8 cm³/mol. The number of hydrogen-bond acceptors (Lipinski definition) is 4. The molecule has 0 unspecified atom stereocenters. The maximum atomic E-state index is 12.5. The molecule has 140 valence electrons. The third kappa shape index (κ3) is 5.29. The van der Waals surface area contributed by atoms with Gasteiger partial charge in [0.25, 0.3) is 11.8 Å². The van der Waals surface area contributed by atoms with E-state index in [0.29, 0.717) is 30.5 Å². The first-order chi connectivity index (χ1) is 11.9. The first kappa shape index (κ1) is 19.4. The Morgan fingerprint density at radius 1 is 1.20 bits per heavy atom. The Labute approximate surface area is 150 Å². The molecule has 7 heteroatoms. The number of hydrogen-bond donors (Lipinski definition) is 2. The average Bonchev–Trinajstić information content (AvgIpc) is 2.96. The van der Waals surface area contributed by atoms with Crippen molar-refractivity contribution in [1.82, 2.24) is 25.1 Å². The Morgan fingerprint density at radius 3 is 2.64 bits per heavy atom. The molecule has 2 heterocycles. The lowest BCUT2D eigenvalue weighted by atomic mass is 10.1. The Bertz CT molecular complexity index is 607. The van der Waals surface area contributed by atoms with E-state index in [1.165, 1.54) is 0 Å². The summed E-state index contributed by atoms with van der Waals surface area (Å²) in [6, 6.07) is 0. The summed E-state index contributed by atoms with van der Waals surface area (Å²) in [6.45, 7) is 6.99. The second kappa shape index (κ2) is 8.99. The number of rotatable bonds is 8. The molecule has 1 aromatic heterocycles. The SMILES string of the molecule is CC(C)CNC(=O)c1nc(C(=O)NCCCN(C)C)n2c1CCCC2. The lowest BCUT2D eigenvalue weighted by Gasteiger charge is -2.17. The molecule has 7 nitrogen and oxygen atoms in total. The monoisotopic (exact) mass is 349 g/mol. The molecule has 0 aliphatic carbocycles. The summed E-state index contributed by atoms with van der Waals surface area (Å²) in [6.07, 6.45) is 3.72. The number of carbonyl (C=O) groups is 2. The molecule has 0 aromatic carbocycles. The second-order valence-electron chi connectivity index (χ2n) is 7.36. The van der Waals surface area contributed by atoms with Gasteiger partial charge in [-0.25, -0.2) is 4.98 Å². The Kier molecular flexibility index (Phi) is 6.99. The zero-order valence-electron chi connectivity index (χ0n) is 15.9. The van der Waals surface area contributed by atoms with Gasteiger partial charge >= 0.3 is 0 Å². The molecule has 1 aliphatic heterocycles. The van der Waals surface area contributed by atoms with Crippen molar-refractivity contribution in [3.63, 3.8) is 0 Å². The van der Waals surface area contributed by atoms with Crippen LogP contribution in [0.1, 0.15) is 59.9 Å². The predicted octanol–water partition coefficient (Wildman–Crippen LogP) is 1.29. The van der Waals surface area contributed by atoms with Gasteiger partial charge in [-0.05, 0) is 52.2 Å². The lowest BCUT2D eigenvalue weighted by molar-refractivity contribution is 0.0936. The van der Waals surface area contributed by atoms with Gasteiger partial charge in [0, 0.05) is 19.6 Å². The molecule has 2 amide bonds. The molecule has 2 N–H and O–H groups in total. The molecular weight excluding hydrogens is 318 g/mol. The van der Waals surface area contributed by atoms with Crippen LogP contribution >= 0.6 is 0 Å². The molecule has 25 heavy (non-hydrogen) atoms. The summed E-state index contributed by atoms with van der Waals surface area (Å²) in [7, 11) is 4.02. The molecule has 0 fully saturated rings. The number of amides is 2. The minimum absolute atomic E-state index is 0.175. The van der Waals surface area contributed by atoms with Gasteiger partial charge in [-0.2, -0.15) is 0 Å². The number of nitrogens with one attached hydrogen (secondary N) is 2. The topological polar surface area (TPSA) is 79.3 Å². The van der Waals surface area contributed by atoms with Crippen LogP contribution in [0.25, 0.3) is 0 Å². The quantitative estimate of drug-likeness (QED) is 0.693. The summed E-state index contributed by atoms with van der Waals surface area (Å²) in [4.78, 5) is 31.5. The fourth-order valence-electron chi connectivity index (χ4n) is 2.96. The van der Waals surface area contributed by atoms with Crippen molar-refractivity contribution < 1.29 is 9.59 Å². The zero-order chi connectivity index (χ0) is 18.4. The number of imidazole rings is 1. The Balaban J connectivity index is 2.10. The van der Waals surface area contributed by atoms with Crippen molar-refractivity contribution in [3.8, 4) is 0 Å². The van der Waals surface area contributed by atoms with Crippen molar-refractivity contribution in [3.05, 3.63) is 17.2 Å². The van der Waals surface area contributed by atoms with Crippen molar-refractivity contribution in [2.45, 2.75) is 46.1 Å². The molecular formula is C18H31N5O2. The molecule has 0 spiro atoms. The van der Waals surface area contributed by atoms with Crippen LogP contribution in [0.4, 0.5) is 0 Å². The van der Waals surface area contributed by atoms with Crippen LogP contribution in [0.15, 0.2) is 0 Å². The second-order valence-corrected chi connectivity index (χ2v) is 7.36. The third-order valence-corrected chi connectivity index (χ3v) is 4.27. The Morgan fingerprint density at radius 2 is 1.96 bits per heavy atom. The lowest BCUT2D eigenvalue weighted by Crippen LogP contribution is -2.30. The minimum atomic E-state index is -0.190. The highest BCUT2D eigenvalue weighted by molar-refractivity contribution is 5.97. The van der Waals surface area contributed by atoms with Gasteiger partial charge in [0.15, 0.2) is 5.82 Å². The van der Waals surface area contributed by atoms with Gasteiger partial charge in [-0.15, -0.1) is 0 Å². The van der Waals surface area contributed by atoms with E-state index in [0.717, 1.165) is 44.5 Å². The van der Waals surface area contributed by atoms with Gasteiger partial charge in [0.1, 0.15) is 5.69 Å². The van der Waals surface area contributed by atoms with E-state index in [4.69, 9.17) is 0 Å². The maximum Gasteiger partial charge on any atom is 0.287 e. The van der Waals surface area contributed by atoms with Gasteiger partial charge in [0.05, 0.1) is 5.69 Å². The van der Waals surface area contributed by atoms with Crippen LogP contribution in [0, 0.1) is 5.92 Å². The highest BCUT2D eigenvalue weighted by Crippen LogP contribution is 2.21. The summed E-state index contributed by atoms with van der Waals surface area (Å²) in [5.74, 6) is 0.381. The molecule has 0 radical (unpaired) electrons. The van der Waals surface area contributed by atoms with E-state index in [1.807, 2.05) is 18.7 Å². The van der Waals surface area contributed by atoms with Crippen LogP contribution in [-0.2, 0) is 13.0 Å². The largest absolute Gasteiger partial charge is 0.350 e. The maximum absolute atomic E-state index is 12.5. The summed E-state index contributed by atoms with van der Waals surface area (Å²) in [5.41, 5.74) is 1.31. The van der Waals surface area contributed by atoms with Crippen LogP contribution in [0.3, 0.4) is 0 Å². The minimum Gasteiger partial charge on any atom is -0.350 e. The zero-order valence-corrected chi connectivity index (χ0v) is 15.9. The first-order valence-electron chi connectivity index (χ1n) is 9.20. The van der Waals surface area contributed by atoms with Crippen molar-refractivity contribution >= 4 is 11.8 Å². The van der Waals surface area contributed by atoms with E-state index in [9.17, 15) is 9.59 Å². The molecule has 0 bridgehead atoms. The summed E-state index contributed by atoms with van der Waals surface area (Å²) in [5, 5.41) is 5.84. The van der Waals surface area contributed by atoms with E-state index >= 15 is 0 Å². The molecule has 0 saturated heterocycles. The fraction of sp³-hybridized carbons (Fsp3) is 0.722. The average molecular weight is 349 g/mol. The molecule has 1 aromatic rings. The van der Waals surface area contributed by atoms with E-state index in [2.05, 4.69) is 34.4 Å². The van der Waals surface area contributed by atoms with Gasteiger partial charge in [-0.1, -0.05) is 13.8 Å². The number of aromatic nitrogens is 2. The van der Waals surface area contributed by atoms with Crippen molar-refractivity contribution in [1.29, 1.82) is 0 Å². The molecule has 0 saturated carbocycles. The van der Waals surface area contributed by atoms with Gasteiger partial charge in [0.2, 0.25) is 0 Å². The van der Waals surface area contributed by atoms with Crippen molar-refractivity contribution in [2.75, 3.05) is 33.7 Å². The van der Waals surface area contributed by atoms with E-state index in [-0.39, 0.29) is 11.8 Å². The summed E-state index contributed by atoms with van der Waals surface area (Å²) >= 11 is 0. The third-order valence-electron chi connectivity index (χ3n) is 4.27. The highest BCUT2D eigenvalue weighted by Gasteiger charge is 2.27. The summed E-state index contributed by atoms with van der Waals surface area (Å²) < 4.78 is 1.93. The van der Waals surface area contributed by atoms with Gasteiger partial charge < -0.3 is 20.1 Å². The normalized spacial score (nSPS) is 13.8. The number of carbonyl (C=O) groups excluding carboxylic acids is 2. The number of nitrogens with zero attached hydrogens (tertiary/aromatic N) is 3. The van der Waals surface area contributed by atoms with Gasteiger partial charge in [-0.3, -0.25) is 9.59 Å². The van der Waals surface area contributed by atoms with Crippen LogP contribution < -0.4 is 10.6 Å². The van der Waals surface area contributed by atoms with Crippen LogP contribution in [0.2, 0.25) is 0 Å². The highest BCUT2D eigenvalue weighted by atomic mass is 16.2. The fourth-order valence-corrected chi connectivity index (χ4v) is 2.96. The molecule has 2 rings (SSSR count). The first-order valence-corrected chi connectivity index (χ1v) is 9.20. The molecule has 1 aliphatic rings.